The first kappa shape index (κ1) is 14.3. The van der Waals surface area contributed by atoms with Gasteiger partial charge >= 0.3 is 5.97 Å². The van der Waals surface area contributed by atoms with Crippen LogP contribution in [0, 0.1) is 0 Å². The van der Waals surface area contributed by atoms with Gasteiger partial charge in [0.05, 0.1) is 13.0 Å². The van der Waals surface area contributed by atoms with Crippen LogP contribution < -0.4 is 0 Å². The van der Waals surface area contributed by atoms with Crippen LogP contribution in [0.4, 0.5) is 0 Å². The summed E-state index contributed by atoms with van der Waals surface area (Å²) in [5.41, 5.74) is 0.781. The van der Waals surface area contributed by atoms with Gasteiger partial charge in [0.2, 0.25) is 5.91 Å². The van der Waals surface area contributed by atoms with Crippen LogP contribution in [-0.4, -0.2) is 64.6 Å². The van der Waals surface area contributed by atoms with E-state index in [-0.39, 0.29) is 24.6 Å². The van der Waals surface area contributed by atoms with E-state index in [9.17, 15) is 14.7 Å². The molecule has 2 rings (SSSR count). The van der Waals surface area contributed by atoms with Gasteiger partial charge in [0, 0.05) is 26.2 Å². The molecule has 6 nitrogen and oxygen atoms in total. The van der Waals surface area contributed by atoms with E-state index in [1.54, 1.807) is 29.2 Å². The summed E-state index contributed by atoms with van der Waals surface area (Å²) in [7, 11) is 0. The van der Waals surface area contributed by atoms with Gasteiger partial charge in [-0.3, -0.25) is 14.5 Å². The average molecular weight is 278 g/mol. The van der Waals surface area contributed by atoms with Crippen molar-refractivity contribution in [2.45, 2.75) is 6.42 Å². The number of piperazine rings is 1. The number of carboxylic acids is 1. The van der Waals surface area contributed by atoms with E-state index in [0.717, 1.165) is 5.56 Å². The summed E-state index contributed by atoms with van der Waals surface area (Å²) in [6.45, 7) is 2.28. The summed E-state index contributed by atoms with van der Waals surface area (Å²) < 4.78 is 0. The fraction of sp³-hybridized carbons (Fsp3) is 0.429. The zero-order valence-electron chi connectivity index (χ0n) is 11.2. The molecule has 1 heterocycles. The van der Waals surface area contributed by atoms with E-state index in [0.29, 0.717) is 26.2 Å². The van der Waals surface area contributed by atoms with E-state index in [4.69, 9.17) is 5.11 Å². The number of aliphatic carboxylic acids is 1. The van der Waals surface area contributed by atoms with Crippen molar-refractivity contribution in [1.29, 1.82) is 0 Å². The predicted molar refractivity (Wildman–Crippen MR) is 72.5 cm³/mol. The molecule has 0 bridgehead atoms. The number of benzene rings is 1. The van der Waals surface area contributed by atoms with Crippen molar-refractivity contribution in [3.63, 3.8) is 0 Å². The summed E-state index contributed by atoms with van der Waals surface area (Å²) in [5, 5.41) is 18.1. The summed E-state index contributed by atoms with van der Waals surface area (Å²) in [4.78, 5) is 26.3. The number of phenolic OH excluding ortho intramolecular Hbond substituents is 1. The van der Waals surface area contributed by atoms with Crippen molar-refractivity contribution >= 4 is 11.9 Å². The molecule has 0 unspecified atom stereocenters. The quantitative estimate of drug-likeness (QED) is 0.820. The molecule has 2 N–H and O–H groups in total. The van der Waals surface area contributed by atoms with Gasteiger partial charge in [0.25, 0.3) is 0 Å². The first-order valence-electron chi connectivity index (χ1n) is 6.54. The van der Waals surface area contributed by atoms with E-state index < -0.39 is 5.97 Å². The normalized spacial score (nSPS) is 16.1. The fourth-order valence-corrected chi connectivity index (χ4v) is 2.30. The van der Waals surface area contributed by atoms with Gasteiger partial charge in [-0.1, -0.05) is 12.1 Å². The van der Waals surface area contributed by atoms with Crippen LogP contribution in [0.3, 0.4) is 0 Å². The van der Waals surface area contributed by atoms with E-state index in [1.165, 1.54) is 0 Å². The van der Waals surface area contributed by atoms with Crippen molar-refractivity contribution in [1.82, 2.24) is 9.80 Å². The van der Waals surface area contributed by atoms with E-state index >= 15 is 0 Å². The first-order chi connectivity index (χ1) is 9.54. The minimum Gasteiger partial charge on any atom is -0.508 e. The lowest BCUT2D eigenvalue weighted by atomic mass is 10.1. The third kappa shape index (κ3) is 3.96. The van der Waals surface area contributed by atoms with E-state index in [1.807, 2.05) is 4.90 Å². The fourth-order valence-electron chi connectivity index (χ4n) is 2.30. The van der Waals surface area contributed by atoms with Crippen molar-refractivity contribution in [2.24, 2.45) is 0 Å². The molecule has 1 amide bonds. The van der Waals surface area contributed by atoms with Gasteiger partial charge in [0.15, 0.2) is 0 Å². The average Bonchev–Trinajstić information content (AvgIpc) is 2.38. The Labute approximate surface area is 117 Å². The van der Waals surface area contributed by atoms with Crippen LogP contribution in [0.1, 0.15) is 5.56 Å². The van der Waals surface area contributed by atoms with Gasteiger partial charge in [-0.05, 0) is 17.7 Å². The molecule has 1 saturated heterocycles. The van der Waals surface area contributed by atoms with Gasteiger partial charge in [-0.2, -0.15) is 0 Å². The summed E-state index contributed by atoms with van der Waals surface area (Å²) in [6.07, 6.45) is 0.257. The molecule has 108 valence electrons. The lowest BCUT2D eigenvalue weighted by Gasteiger charge is -2.33. The van der Waals surface area contributed by atoms with Crippen molar-refractivity contribution in [2.75, 3.05) is 32.7 Å². The van der Waals surface area contributed by atoms with Crippen molar-refractivity contribution < 1.29 is 19.8 Å². The van der Waals surface area contributed by atoms with Crippen LogP contribution in [0.2, 0.25) is 0 Å². The number of aromatic hydroxyl groups is 1. The highest BCUT2D eigenvalue weighted by atomic mass is 16.4. The second kappa shape index (κ2) is 6.38. The maximum absolute atomic E-state index is 12.1. The number of rotatable bonds is 4. The summed E-state index contributed by atoms with van der Waals surface area (Å²) in [5.74, 6) is -0.684. The van der Waals surface area contributed by atoms with Crippen LogP contribution >= 0.6 is 0 Å². The minimum atomic E-state index is -0.843. The lowest BCUT2D eigenvalue weighted by molar-refractivity contribution is -0.139. The minimum absolute atomic E-state index is 0.00516. The zero-order chi connectivity index (χ0) is 14.5. The van der Waals surface area contributed by atoms with Gasteiger partial charge in [0.1, 0.15) is 5.75 Å². The van der Waals surface area contributed by atoms with Crippen molar-refractivity contribution in [3.8, 4) is 5.75 Å². The van der Waals surface area contributed by atoms with Crippen LogP contribution in [0.25, 0.3) is 0 Å². The molecule has 0 radical (unpaired) electrons. The summed E-state index contributed by atoms with van der Waals surface area (Å²) >= 11 is 0. The second-order valence-corrected chi connectivity index (χ2v) is 4.90. The molecule has 0 aliphatic carbocycles. The predicted octanol–water partition coefficient (Wildman–Crippen LogP) is 0.163. The Hall–Kier alpha value is -2.08. The van der Waals surface area contributed by atoms with Crippen LogP contribution in [-0.2, 0) is 16.0 Å². The number of hydrogen-bond donors (Lipinski definition) is 2. The topological polar surface area (TPSA) is 81.1 Å². The molecule has 20 heavy (non-hydrogen) atoms. The first-order valence-corrected chi connectivity index (χ1v) is 6.54. The largest absolute Gasteiger partial charge is 0.508 e. The maximum Gasteiger partial charge on any atom is 0.317 e. The van der Waals surface area contributed by atoms with Gasteiger partial charge in [-0.15, -0.1) is 0 Å². The number of carbonyl (C=O) groups excluding carboxylic acids is 1. The Morgan fingerprint density at radius 2 is 1.85 bits per heavy atom. The molecule has 1 aliphatic rings. The second-order valence-electron chi connectivity index (χ2n) is 4.90. The molecule has 0 saturated carbocycles. The van der Waals surface area contributed by atoms with Crippen LogP contribution in [0.5, 0.6) is 5.75 Å². The Morgan fingerprint density at radius 3 is 2.45 bits per heavy atom. The van der Waals surface area contributed by atoms with Gasteiger partial charge < -0.3 is 15.1 Å². The number of phenols is 1. The third-order valence-corrected chi connectivity index (χ3v) is 3.35. The Kier molecular flexibility index (Phi) is 4.57. The summed E-state index contributed by atoms with van der Waals surface area (Å²) in [6, 6.07) is 6.66. The highest BCUT2D eigenvalue weighted by Crippen LogP contribution is 2.13. The molecule has 6 heteroatoms. The van der Waals surface area contributed by atoms with Crippen LogP contribution in [0.15, 0.2) is 24.3 Å². The maximum atomic E-state index is 12.1. The number of amides is 1. The molecule has 0 atom stereocenters. The molecule has 1 fully saturated rings. The lowest BCUT2D eigenvalue weighted by Crippen LogP contribution is -2.50. The molecule has 0 spiro atoms. The number of carboxylic acid groups (broad SMARTS) is 1. The smallest absolute Gasteiger partial charge is 0.317 e. The number of carbonyl (C=O) groups is 2. The number of hydrogen-bond acceptors (Lipinski definition) is 4. The van der Waals surface area contributed by atoms with E-state index in [2.05, 4.69) is 0 Å². The standard InChI is InChI=1S/C14H18N2O4/c17-12-3-1-2-11(8-12)9-13(18)16-6-4-15(5-7-16)10-14(19)20/h1-3,8,17H,4-7,9-10H2,(H,19,20). The molecule has 0 aromatic heterocycles. The van der Waals surface area contributed by atoms with Crippen molar-refractivity contribution in [3.05, 3.63) is 29.8 Å². The third-order valence-electron chi connectivity index (χ3n) is 3.35. The highest BCUT2D eigenvalue weighted by molar-refractivity contribution is 5.79. The Bertz CT molecular complexity index is 496. The molecule has 1 aromatic carbocycles. The van der Waals surface area contributed by atoms with Gasteiger partial charge in [-0.25, -0.2) is 0 Å². The molecular formula is C14H18N2O4. The zero-order valence-corrected chi connectivity index (χ0v) is 11.2. The Morgan fingerprint density at radius 1 is 1.15 bits per heavy atom. The molecule has 1 aliphatic heterocycles. The molecular weight excluding hydrogens is 260 g/mol. The monoisotopic (exact) mass is 278 g/mol. The highest BCUT2D eigenvalue weighted by Gasteiger charge is 2.22. The molecule has 1 aromatic rings. The SMILES string of the molecule is O=C(O)CN1CCN(C(=O)Cc2cccc(O)c2)CC1. The Balaban J connectivity index is 1.84. The number of nitrogens with zero attached hydrogens (tertiary/aromatic N) is 2.